The van der Waals surface area contributed by atoms with E-state index in [1.807, 2.05) is 9.80 Å². The largest absolute Gasteiger partial charge is 0.383 e. The van der Waals surface area contributed by atoms with Gasteiger partial charge in [-0.2, -0.15) is 0 Å². The first-order chi connectivity index (χ1) is 11.1. The molecule has 0 radical (unpaired) electrons. The van der Waals surface area contributed by atoms with Crippen molar-refractivity contribution in [1.29, 1.82) is 0 Å². The van der Waals surface area contributed by atoms with Crippen molar-refractivity contribution in [3.8, 4) is 0 Å². The lowest BCUT2D eigenvalue weighted by molar-refractivity contribution is -0.142. The Morgan fingerprint density at radius 3 is 2.13 bits per heavy atom. The van der Waals surface area contributed by atoms with Gasteiger partial charge in [0.1, 0.15) is 0 Å². The number of carbonyl (C=O) groups is 3. The lowest BCUT2D eigenvalue weighted by Gasteiger charge is -2.36. The maximum atomic E-state index is 12.6. The summed E-state index contributed by atoms with van der Waals surface area (Å²) < 4.78 is 5.00. The number of methoxy groups -OCH3 is 1. The van der Waals surface area contributed by atoms with E-state index >= 15 is 0 Å². The predicted molar refractivity (Wildman–Crippen MR) is 82.4 cm³/mol. The molecule has 7 nitrogen and oxygen atoms in total. The number of nitrogens with zero attached hydrogens (tertiary/aromatic N) is 3. The summed E-state index contributed by atoms with van der Waals surface area (Å²) in [5.41, 5.74) is 0. The Hall–Kier alpha value is -1.63. The van der Waals surface area contributed by atoms with Crippen LogP contribution in [-0.4, -0.2) is 85.4 Å². The second-order valence-corrected chi connectivity index (χ2v) is 6.66. The fourth-order valence-electron chi connectivity index (χ4n) is 3.35. The third kappa shape index (κ3) is 3.65. The van der Waals surface area contributed by atoms with E-state index in [1.54, 1.807) is 12.0 Å². The predicted octanol–water partition coefficient (Wildman–Crippen LogP) is -0.438. The zero-order valence-corrected chi connectivity index (χ0v) is 13.7. The fourth-order valence-corrected chi connectivity index (χ4v) is 3.35. The molecule has 0 N–H and O–H groups in total. The topological polar surface area (TPSA) is 70.2 Å². The lowest BCUT2D eigenvalue weighted by Crippen LogP contribution is -2.52. The van der Waals surface area contributed by atoms with Crippen LogP contribution in [0.3, 0.4) is 0 Å². The van der Waals surface area contributed by atoms with Gasteiger partial charge < -0.3 is 19.4 Å². The zero-order chi connectivity index (χ0) is 16.4. The van der Waals surface area contributed by atoms with Gasteiger partial charge in [0.2, 0.25) is 17.7 Å². The molecule has 7 heteroatoms. The van der Waals surface area contributed by atoms with Crippen LogP contribution in [-0.2, 0) is 19.1 Å². The lowest BCUT2D eigenvalue weighted by atomic mass is 10.1. The van der Waals surface area contributed by atoms with Crippen molar-refractivity contribution in [3.63, 3.8) is 0 Å². The molecule has 0 bridgehead atoms. The molecule has 1 atom stereocenters. The summed E-state index contributed by atoms with van der Waals surface area (Å²) >= 11 is 0. The van der Waals surface area contributed by atoms with Crippen molar-refractivity contribution in [2.75, 3.05) is 53.0 Å². The van der Waals surface area contributed by atoms with E-state index in [2.05, 4.69) is 0 Å². The van der Waals surface area contributed by atoms with E-state index in [9.17, 15) is 14.4 Å². The van der Waals surface area contributed by atoms with Crippen molar-refractivity contribution < 1.29 is 19.1 Å². The Kier molecular flexibility index (Phi) is 4.84. The van der Waals surface area contributed by atoms with E-state index in [-0.39, 0.29) is 29.6 Å². The van der Waals surface area contributed by atoms with Crippen LogP contribution >= 0.6 is 0 Å². The third-order valence-corrected chi connectivity index (χ3v) is 4.96. The van der Waals surface area contributed by atoms with Gasteiger partial charge in [0.05, 0.1) is 12.5 Å². The van der Waals surface area contributed by atoms with Crippen molar-refractivity contribution >= 4 is 17.7 Å². The molecule has 2 heterocycles. The molecule has 0 aromatic heterocycles. The molecule has 3 fully saturated rings. The molecule has 0 aromatic carbocycles. The van der Waals surface area contributed by atoms with Crippen LogP contribution in [0, 0.1) is 11.8 Å². The van der Waals surface area contributed by atoms with Crippen LogP contribution in [0.25, 0.3) is 0 Å². The minimum absolute atomic E-state index is 0.0305. The molecule has 1 saturated carbocycles. The highest BCUT2D eigenvalue weighted by Crippen LogP contribution is 2.31. The van der Waals surface area contributed by atoms with Gasteiger partial charge in [-0.05, 0) is 12.8 Å². The Morgan fingerprint density at radius 2 is 1.61 bits per heavy atom. The summed E-state index contributed by atoms with van der Waals surface area (Å²) in [6.07, 6.45) is 2.32. The summed E-state index contributed by atoms with van der Waals surface area (Å²) in [4.78, 5) is 42.0. The number of ether oxygens (including phenoxy) is 1. The first-order valence-corrected chi connectivity index (χ1v) is 8.44. The molecule has 2 aliphatic heterocycles. The molecule has 23 heavy (non-hydrogen) atoms. The first kappa shape index (κ1) is 16.2. The monoisotopic (exact) mass is 323 g/mol. The SMILES string of the molecule is COCCN1CC(C(=O)N2CCN(C(=O)C3CC3)CC2)CC1=O. The van der Waals surface area contributed by atoms with Gasteiger partial charge in [0.25, 0.3) is 0 Å². The van der Waals surface area contributed by atoms with E-state index in [0.29, 0.717) is 52.3 Å². The molecule has 3 aliphatic rings. The molecule has 0 aromatic rings. The molecule has 3 rings (SSSR count). The van der Waals surface area contributed by atoms with Crippen LogP contribution in [0.2, 0.25) is 0 Å². The van der Waals surface area contributed by atoms with Crippen molar-refractivity contribution in [2.45, 2.75) is 19.3 Å². The third-order valence-electron chi connectivity index (χ3n) is 4.96. The van der Waals surface area contributed by atoms with Gasteiger partial charge in [-0.3, -0.25) is 14.4 Å². The zero-order valence-electron chi connectivity index (χ0n) is 13.7. The number of hydrogen-bond donors (Lipinski definition) is 0. The van der Waals surface area contributed by atoms with Crippen LogP contribution in [0.4, 0.5) is 0 Å². The highest BCUT2D eigenvalue weighted by atomic mass is 16.5. The Labute approximate surface area is 136 Å². The van der Waals surface area contributed by atoms with Crippen molar-refractivity contribution in [1.82, 2.24) is 14.7 Å². The number of carbonyl (C=O) groups excluding carboxylic acids is 3. The van der Waals surface area contributed by atoms with Gasteiger partial charge >= 0.3 is 0 Å². The highest BCUT2D eigenvalue weighted by Gasteiger charge is 2.39. The summed E-state index contributed by atoms with van der Waals surface area (Å²) in [5, 5.41) is 0. The highest BCUT2D eigenvalue weighted by molar-refractivity contribution is 5.89. The van der Waals surface area contributed by atoms with Gasteiger partial charge in [0.15, 0.2) is 0 Å². The average Bonchev–Trinajstić information content (AvgIpc) is 3.35. The van der Waals surface area contributed by atoms with Crippen LogP contribution < -0.4 is 0 Å². The summed E-state index contributed by atoms with van der Waals surface area (Å²) in [5.74, 6) is 0.322. The van der Waals surface area contributed by atoms with Crippen LogP contribution in [0.15, 0.2) is 0 Å². The summed E-state index contributed by atoms with van der Waals surface area (Å²) in [6.45, 7) is 3.93. The van der Waals surface area contributed by atoms with Gasteiger partial charge in [-0.25, -0.2) is 0 Å². The minimum atomic E-state index is -0.245. The number of piperazine rings is 1. The van der Waals surface area contributed by atoms with E-state index in [1.165, 1.54) is 0 Å². The van der Waals surface area contributed by atoms with Crippen LogP contribution in [0.5, 0.6) is 0 Å². The average molecular weight is 323 g/mol. The maximum Gasteiger partial charge on any atom is 0.228 e. The second kappa shape index (κ2) is 6.86. The fraction of sp³-hybridized carbons (Fsp3) is 0.812. The summed E-state index contributed by atoms with van der Waals surface area (Å²) in [7, 11) is 1.60. The van der Waals surface area contributed by atoms with Gasteiger partial charge in [-0.1, -0.05) is 0 Å². The Balaban J connectivity index is 1.47. The molecule has 128 valence electrons. The number of likely N-dealkylation sites (tertiary alicyclic amines) is 1. The van der Waals surface area contributed by atoms with E-state index in [4.69, 9.17) is 4.74 Å². The second-order valence-electron chi connectivity index (χ2n) is 6.66. The van der Waals surface area contributed by atoms with Crippen molar-refractivity contribution in [2.24, 2.45) is 11.8 Å². The molecular formula is C16H25N3O4. The van der Waals surface area contributed by atoms with Gasteiger partial charge in [-0.15, -0.1) is 0 Å². The number of hydrogen-bond acceptors (Lipinski definition) is 4. The van der Waals surface area contributed by atoms with E-state index in [0.717, 1.165) is 12.8 Å². The molecule has 1 unspecified atom stereocenters. The van der Waals surface area contributed by atoms with E-state index < -0.39 is 0 Å². The Bertz CT molecular complexity index is 484. The maximum absolute atomic E-state index is 12.6. The molecular weight excluding hydrogens is 298 g/mol. The number of rotatable bonds is 5. The normalized spacial score (nSPS) is 25.2. The van der Waals surface area contributed by atoms with Gasteiger partial charge in [0, 0.05) is 58.7 Å². The first-order valence-electron chi connectivity index (χ1n) is 8.44. The minimum Gasteiger partial charge on any atom is -0.383 e. The Morgan fingerprint density at radius 1 is 1.04 bits per heavy atom. The molecule has 3 amide bonds. The quantitative estimate of drug-likeness (QED) is 0.688. The molecule has 1 aliphatic carbocycles. The smallest absolute Gasteiger partial charge is 0.228 e. The summed E-state index contributed by atoms with van der Waals surface area (Å²) in [6, 6.07) is 0. The van der Waals surface area contributed by atoms with Crippen molar-refractivity contribution in [3.05, 3.63) is 0 Å². The molecule has 2 saturated heterocycles. The number of amides is 3. The van der Waals surface area contributed by atoms with Crippen LogP contribution in [0.1, 0.15) is 19.3 Å². The molecule has 0 spiro atoms. The standard InChI is InChI=1S/C16H25N3O4/c1-23-9-8-19-11-13(10-14(19)20)16(22)18-6-4-17(5-7-18)15(21)12-2-3-12/h12-13H,2-11H2,1H3.